The van der Waals surface area contributed by atoms with E-state index in [4.69, 9.17) is 10.5 Å². The molecule has 0 aliphatic carbocycles. The van der Waals surface area contributed by atoms with E-state index >= 15 is 0 Å². The molecule has 2 unspecified atom stereocenters. The number of fused-ring (bicyclic) bond motifs is 1. The molecule has 0 fully saturated rings. The topological polar surface area (TPSA) is 110 Å². The number of nitrogens with two attached hydrogens (primary N) is 1. The Morgan fingerprint density at radius 2 is 1.55 bits per heavy atom. The number of carbonyl (C=O) groups is 3. The lowest BCUT2D eigenvalue weighted by Gasteiger charge is -2.41. The van der Waals surface area contributed by atoms with Crippen LogP contribution in [-0.4, -0.2) is 40.9 Å². The number of benzene rings is 3. The van der Waals surface area contributed by atoms with Gasteiger partial charge in [-0.15, -0.1) is 0 Å². The van der Waals surface area contributed by atoms with Gasteiger partial charge in [0.2, 0.25) is 0 Å². The number of carbonyl (C=O) groups excluding carboxylic acids is 2. The Kier molecular flexibility index (Phi) is 6.40. The summed E-state index contributed by atoms with van der Waals surface area (Å²) in [5.74, 6) is -2.62. The highest BCUT2D eigenvalue weighted by Crippen LogP contribution is 2.45. The van der Waals surface area contributed by atoms with Crippen LogP contribution in [0.4, 0.5) is 0 Å². The maximum atomic E-state index is 13.6. The van der Waals surface area contributed by atoms with Gasteiger partial charge in [-0.2, -0.15) is 0 Å². The summed E-state index contributed by atoms with van der Waals surface area (Å²) < 4.78 is 5.61. The highest BCUT2D eigenvalue weighted by molar-refractivity contribution is 6.00. The van der Waals surface area contributed by atoms with Gasteiger partial charge in [0, 0.05) is 17.7 Å². The molecule has 0 spiro atoms. The van der Waals surface area contributed by atoms with Gasteiger partial charge in [-0.25, -0.2) is 0 Å². The second-order valence-electron chi connectivity index (χ2n) is 7.87. The van der Waals surface area contributed by atoms with Crippen LogP contribution >= 0.6 is 0 Å². The van der Waals surface area contributed by atoms with E-state index in [-0.39, 0.29) is 12.5 Å². The van der Waals surface area contributed by atoms with Crippen molar-refractivity contribution in [3.05, 3.63) is 101 Å². The van der Waals surface area contributed by atoms with Crippen molar-refractivity contribution in [1.82, 2.24) is 4.90 Å². The Labute approximate surface area is 191 Å². The van der Waals surface area contributed by atoms with Crippen molar-refractivity contribution < 1.29 is 24.2 Å². The monoisotopic (exact) mass is 444 g/mol. The lowest BCUT2D eigenvalue weighted by Crippen LogP contribution is -2.46. The average molecular weight is 444 g/mol. The summed E-state index contributed by atoms with van der Waals surface area (Å²) in [5, 5.41) is 10.3. The average Bonchev–Trinajstić information content (AvgIpc) is 2.82. The first-order valence-electron chi connectivity index (χ1n) is 10.6. The third-order valence-corrected chi connectivity index (χ3v) is 5.80. The molecule has 0 aromatic heterocycles. The molecule has 0 saturated heterocycles. The van der Waals surface area contributed by atoms with Crippen LogP contribution in [-0.2, 0) is 16.0 Å². The van der Waals surface area contributed by atoms with E-state index < -0.39 is 23.8 Å². The molecular formula is C26H24N2O5. The zero-order chi connectivity index (χ0) is 23.4. The molecule has 33 heavy (non-hydrogen) atoms. The highest BCUT2D eigenvalue weighted by Gasteiger charge is 2.45. The largest absolute Gasteiger partial charge is 0.483 e. The highest BCUT2D eigenvalue weighted by atomic mass is 16.5. The molecule has 7 nitrogen and oxygen atoms in total. The van der Waals surface area contributed by atoms with Gasteiger partial charge >= 0.3 is 5.97 Å². The molecule has 0 radical (unpaired) electrons. The first kappa shape index (κ1) is 22.1. The fourth-order valence-corrected chi connectivity index (χ4v) is 4.35. The molecule has 0 saturated carbocycles. The third-order valence-electron chi connectivity index (χ3n) is 5.80. The van der Waals surface area contributed by atoms with Crippen molar-refractivity contribution in [2.45, 2.75) is 18.4 Å². The van der Waals surface area contributed by atoms with E-state index in [1.54, 1.807) is 53.4 Å². The summed E-state index contributed by atoms with van der Waals surface area (Å²) in [6.45, 7) is -0.0359. The summed E-state index contributed by atoms with van der Waals surface area (Å²) >= 11 is 0. The molecule has 3 aromatic rings. The molecule has 1 heterocycles. The van der Waals surface area contributed by atoms with Gasteiger partial charge < -0.3 is 20.5 Å². The van der Waals surface area contributed by atoms with Crippen molar-refractivity contribution in [3.63, 3.8) is 0 Å². The third kappa shape index (κ3) is 4.57. The number of hydrogen-bond donors (Lipinski definition) is 2. The second-order valence-corrected chi connectivity index (χ2v) is 7.87. The van der Waals surface area contributed by atoms with E-state index in [0.717, 1.165) is 5.56 Å². The van der Waals surface area contributed by atoms with Crippen LogP contribution in [0.5, 0.6) is 5.75 Å². The Bertz CT molecular complexity index is 1180. The number of aliphatic carboxylic acids is 1. The van der Waals surface area contributed by atoms with Crippen molar-refractivity contribution in [3.8, 4) is 5.75 Å². The predicted octanol–water partition coefficient (Wildman–Crippen LogP) is 3.16. The Morgan fingerprint density at radius 3 is 2.24 bits per heavy atom. The first-order chi connectivity index (χ1) is 16.0. The smallest absolute Gasteiger partial charge is 0.313 e. The van der Waals surface area contributed by atoms with Crippen molar-refractivity contribution in [2.75, 3.05) is 13.2 Å². The summed E-state index contributed by atoms with van der Waals surface area (Å²) in [6, 6.07) is 22.5. The Hall–Kier alpha value is -4.13. The van der Waals surface area contributed by atoms with Crippen molar-refractivity contribution in [1.29, 1.82) is 0 Å². The summed E-state index contributed by atoms with van der Waals surface area (Å²) in [6.07, 6.45) is 0.557. The van der Waals surface area contributed by atoms with E-state index in [0.29, 0.717) is 35.4 Å². The number of nitrogens with zero attached hydrogens (tertiary/aromatic N) is 1. The molecule has 168 valence electrons. The van der Waals surface area contributed by atoms with Crippen LogP contribution in [0, 0.1) is 0 Å². The Balaban J connectivity index is 1.81. The fourth-order valence-electron chi connectivity index (χ4n) is 4.35. The van der Waals surface area contributed by atoms with Crippen LogP contribution in [0.25, 0.3) is 0 Å². The molecule has 2 atom stereocenters. The number of ether oxygens (including phenoxy) is 1. The molecule has 0 bridgehead atoms. The van der Waals surface area contributed by atoms with E-state index in [9.17, 15) is 19.5 Å². The maximum Gasteiger partial charge on any atom is 0.313 e. The van der Waals surface area contributed by atoms with Crippen LogP contribution in [0.15, 0.2) is 78.9 Å². The molecular weight excluding hydrogens is 420 g/mol. The first-order valence-corrected chi connectivity index (χ1v) is 10.6. The van der Waals surface area contributed by atoms with Gasteiger partial charge in [0.05, 0.1) is 6.04 Å². The van der Waals surface area contributed by atoms with Gasteiger partial charge in [-0.05, 0) is 29.7 Å². The number of hydrogen-bond acceptors (Lipinski definition) is 4. The number of primary amides is 1. The minimum absolute atomic E-state index is 0.242. The Morgan fingerprint density at radius 1 is 0.909 bits per heavy atom. The molecule has 4 rings (SSSR count). The van der Waals surface area contributed by atoms with Crippen molar-refractivity contribution in [2.24, 2.45) is 5.73 Å². The van der Waals surface area contributed by atoms with Crippen LogP contribution < -0.4 is 10.5 Å². The van der Waals surface area contributed by atoms with Crippen LogP contribution in [0.1, 0.15) is 39.0 Å². The molecule has 3 aromatic carbocycles. The summed E-state index contributed by atoms with van der Waals surface area (Å²) in [5.41, 5.74) is 7.64. The van der Waals surface area contributed by atoms with E-state index in [1.165, 1.54) is 0 Å². The van der Waals surface area contributed by atoms with Crippen molar-refractivity contribution >= 4 is 17.8 Å². The number of carboxylic acid groups (broad SMARTS) is 1. The van der Waals surface area contributed by atoms with Gasteiger partial charge in [0.1, 0.15) is 11.7 Å². The minimum Gasteiger partial charge on any atom is -0.483 e. The molecule has 1 aliphatic rings. The SMILES string of the molecule is NC(=O)COc1ccccc1C1C(C(=O)O)c2ccccc2C(=O)N1CCc1ccccc1. The number of amides is 2. The van der Waals surface area contributed by atoms with Crippen LogP contribution in [0.3, 0.4) is 0 Å². The number of rotatable bonds is 8. The van der Waals surface area contributed by atoms with Gasteiger partial charge in [0.15, 0.2) is 6.61 Å². The standard InChI is InChI=1S/C26H24N2O5/c27-22(29)16-33-21-13-7-6-12-20(21)24-23(26(31)32)18-10-4-5-11-19(18)25(30)28(24)15-14-17-8-2-1-3-9-17/h1-13,23-24H,14-16H2,(H2,27,29)(H,31,32). The predicted molar refractivity (Wildman–Crippen MR) is 122 cm³/mol. The normalized spacial score (nSPS) is 17.3. The van der Waals surface area contributed by atoms with Crippen LogP contribution in [0.2, 0.25) is 0 Å². The summed E-state index contributed by atoms with van der Waals surface area (Å²) in [4.78, 5) is 39.0. The number of para-hydroxylation sites is 1. The lowest BCUT2D eigenvalue weighted by molar-refractivity contribution is -0.140. The van der Waals surface area contributed by atoms with Gasteiger partial charge in [0.25, 0.3) is 11.8 Å². The van der Waals surface area contributed by atoms with E-state index in [2.05, 4.69) is 0 Å². The zero-order valence-electron chi connectivity index (χ0n) is 17.9. The maximum absolute atomic E-state index is 13.6. The lowest BCUT2D eigenvalue weighted by atomic mass is 9.79. The summed E-state index contributed by atoms with van der Waals surface area (Å²) in [7, 11) is 0. The van der Waals surface area contributed by atoms with E-state index in [1.807, 2.05) is 30.3 Å². The quantitative estimate of drug-likeness (QED) is 0.555. The molecule has 7 heteroatoms. The van der Waals surface area contributed by atoms with Gasteiger partial charge in [-0.3, -0.25) is 14.4 Å². The fraction of sp³-hybridized carbons (Fsp3) is 0.192. The molecule has 3 N–H and O–H groups in total. The number of carboxylic acids is 1. The second kappa shape index (κ2) is 9.56. The molecule has 2 amide bonds. The van der Waals surface area contributed by atoms with Gasteiger partial charge in [-0.1, -0.05) is 66.7 Å². The zero-order valence-corrected chi connectivity index (χ0v) is 17.9. The molecule has 1 aliphatic heterocycles. The minimum atomic E-state index is -1.05.